The summed E-state index contributed by atoms with van der Waals surface area (Å²) < 4.78 is 25.7. The fourth-order valence-corrected chi connectivity index (χ4v) is 6.23. The van der Waals surface area contributed by atoms with Crippen LogP contribution < -0.4 is 0 Å². The molecule has 2 fully saturated rings. The van der Waals surface area contributed by atoms with Crippen molar-refractivity contribution in [1.82, 2.24) is 14.2 Å². The van der Waals surface area contributed by atoms with Crippen LogP contribution in [-0.4, -0.2) is 48.0 Å². The molecule has 2 aromatic rings. The normalized spacial score (nSPS) is 27.3. The van der Waals surface area contributed by atoms with Crippen molar-refractivity contribution in [2.75, 3.05) is 13.6 Å². The number of nitrogens with zero attached hydrogens (tertiary/aromatic N) is 3. The Bertz CT molecular complexity index is 1120. The number of sulfonamides is 1. The first-order valence-electron chi connectivity index (χ1n) is 9.27. The molecule has 2 amide bonds. The molecule has 0 unspecified atom stereocenters. The van der Waals surface area contributed by atoms with E-state index in [0.29, 0.717) is 18.0 Å². The fraction of sp³-hybridized carbons (Fsp3) is 0.350. The van der Waals surface area contributed by atoms with E-state index in [2.05, 4.69) is 4.98 Å². The van der Waals surface area contributed by atoms with Gasteiger partial charge in [0.1, 0.15) is 4.90 Å². The number of likely N-dealkylation sites (tertiary alicyclic amines) is 1. The van der Waals surface area contributed by atoms with Crippen LogP contribution in [0.15, 0.2) is 47.6 Å². The van der Waals surface area contributed by atoms with Crippen LogP contribution in [0.4, 0.5) is 0 Å². The molecule has 2 atom stereocenters. The molecule has 2 aliphatic heterocycles. The summed E-state index contributed by atoms with van der Waals surface area (Å²) in [7, 11) is -2.66. The number of rotatable bonds is 2. The topological polar surface area (TPSA) is 87.7 Å². The quantitative estimate of drug-likeness (QED) is 0.774. The minimum Gasteiger partial charge on any atom is -0.329 e. The molecule has 0 spiro atoms. The van der Waals surface area contributed by atoms with Crippen molar-refractivity contribution in [3.8, 4) is 0 Å². The highest BCUT2D eigenvalue weighted by Crippen LogP contribution is 2.57. The van der Waals surface area contributed by atoms with Crippen LogP contribution >= 0.6 is 0 Å². The number of fused-ring (bicyclic) bond motifs is 2. The van der Waals surface area contributed by atoms with E-state index in [1.54, 1.807) is 12.3 Å². The van der Waals surface area contributed by atoms with E-state index in [1.165, 1.54) is 19.2 Å². The van der Waals surface area contributed by atoms with Gasteiger partial charge in [0.25, 0.3) is 21.8 Å². The number of amides is 2. The largest absolute Gasteiger partial charge is 0.329 e. The Hall–Kier alpha value is -2.74. The lowest BCUT2D eigenvalue weighted by molar-refractivity contribution is 0.0142. The van der Waals surface area contributed by atoms with Gasteiger partial charge in [0.05, 0.1) is 11.1 Å². The first-order valence-corrected chi connectivity index (χ1v) is 10.7. The van der Waals surface area contributed by atoms with Crippen LogP contribution in [0.25, 0.3) is 0 Å². The van der Waals surface area contributed by atoms with E-state index < -0.39 is 15.9 Å². The predicted molar refractivity (Wildman–Crippen MR) is 100 cm³/mol. The van der Waals surface area contributed by atoms with Crippen molar-refractivity contribution in [2.45, 2.75) is 29.7 Å². The first-order chi connectivity index (χ1) is 13.4. The summed E-state index contributed by atoms with van der Waals surface area (Å²) in [4.78, 5) is 31.5. The van der Waals surface area contributed by atoms with Crippen LogP contribution in [0.2, 0.25) is 0 Å². The van der Waals surface area contributed by atoms with Crippen molar-refractivity contribution < 1.29 is 18.0 Å². The summed E-state index contributed by atoms with van der Waals surface area (Å²) >= 11 is 0. The molecule has 28 heavy (non-hydrogen) atoms. The molecule has 0 radical (unpaired) electrons. The highest BCUT2D eigenvalue weighted by atomic mass is 32.2. The third-order valence-electron chi connectivity index (χ3n) is 6.52. The lowest BCUT2D eigenvalue weighted by atomic mass is 9.64. The third kappa shape index (κ3) is 2.03. The molecule has 7 nitrogen and oxygen atoms in total. The zero-order valence-electron chi connectivity index (χ0n) is 15.3. The lowest BCUT2D eigenvalue weighted by Crippen LogP contribution is -2.53. The zero-order valence-corrected chi connectivity index (χ0v) is 16.1. The van der Waals surface area contributed by atoms with Gasteiger partial charge in [-0.15, -0.1) is 0 Å². The molecule has 5 rings (SSSR count). The van der Waals surface area contributed by atoms with Crippen molar-refractivity contribution >= 4 is 21.8 Å². The summed E-state index contributed by atoms with van der Waals surface area (Å²) in [6.07, 6.45) is 6.40. The van der Waals surface area contributed by atoms with Gasteiger partial charge < -0.3 is 4.90 Å². The number of carbonyl (C=O) groups excluding carboxylic acids is 2. The highest BCUT2D eigenvalue weighted by molar-refractivity contribution is 7.90. The van der Waals surface area contributed by atoms with Crippen molar-refractivity contribution in [3.05, 3.63) is 59.4 Å². The number of benzene rings is 1. The van der Waals surface area contributed by atoms with Gasteiger partial charge in [-0.2, -0.15) is 0 Å². The molecule has 0 bridgehead atoms. The molecule has 1 aliphatic carbocycles. The van der Waals surface area contributed by atoms with E-state index in [9.17, 15) is 18.0 Å². The van der Waals surface area contributed by atoms with Gasteiger partial charge in [0, 0.05) is 31.5 Å². The maximum Gasteiger partial charge on any atom is 0.268 e. The fourth-order valence-electron chi connectivity index (χ4n) is 4.91. The Kier molecular flexibility index (Phi) is 3.49. The molecule has 144 valence electrons. The summed E-state index contributed by atoms with van der Waals surface area (Å²) in [5.41, 5.74) is 1.07. The van der Waals surface area contributed by atoms with Crippen LogP contribution in [0.3, 0.4) is 0 Å². The van der Waals surface area contributed by atoms with Gasteiger partial charge in [0.2, 0.25) is 0 Å². The van der Waals surface area contributed by atoms with Crippen molar-refractivity contribution in [1.29, 1.82) is 0 Å². The van der Waals surface area contributed by atoms with Gasteiger partial charge in [-0.1, -0.05) is 6.07 Å². The molecule has 3 aliphatic rings. The number of pyridine rings is 1. The maximum absolute atomic E-state index is 13.4. The molecule has 0 N–H and O–H groups in total. The van der Waals surface area contributed by atoms with Crippen LogP contribution in [0.1, 0.15) is 45.5 Å². The Morgan fingerprint density at radius 3 is 2.75 bits per heavy atom. The minimum absolute atomic E-state index is 0.0920. The van der Waals surface area contributed by atoms with Crippen molar-refractivity contribution in [2.24, 2.45) is 5.92 Å². The molecule has 1 saturated heterocycles. The first kappa shape index (κ1) is 17.4. The Morgan fingerprint density at radius 1 is 1.25 bits per heavy atom. The number of aromatic nitrogens is 1. The van der Waals surface area contributed by atoms with E-state index in [4.69, 9.17) is 0 Å². The second-order valence-corrected chi connectivity index (χ2v) is 9.57. The smallest absolute Gasteiger partial charge is 0.268 e. The van der Waals surface area contributed by atoms with E-state index >= 15 is 0 Å². The Morgan fingerprint density at radius 2 is 2.07 bits per heavy atom. The third-order valence-corrected chi connectivity index (χ3v) is 8.30. The van der Waals surface area contributed by atoms with Gasteiger partial charge >= 0.3 is 0 Å². The maximum atomic E-state index is 13.4. The molecule has 3 heterocycles. The number of carbonyl (C=O) groups is 2. The van der Waals surface area contributed by atoms with Crippen LogP contribution in [0.5, 0.6) is 0 Å². The average molecular weight is 397 g/mol. The second kappa shape index (κ2) is 5.64. The number of hydrogen-bond donors (Lipinski definition) is 0. The SMILES string of the molecule is CN1C(=O)c2ccc(C(=O)N3CC[C@@H]4CC[C@@]43c3cccnc3)cc2S1(=O)=O. The predicted octanol–water partition coefficient (Wildman–Crippen LogP) is 2.01. The van der Waals surface area contributed by atoms with Gasteiger partial charge in [0.15, 0.2) is 0 Å². The summed E-state index contributed by atoms with van der Waals surface area (Å²) in [5.74, 6) is -0.376. The summed E-state index contributed by atoms with van der Waals surface area (Å²) in [6, 6.07) is 8.22. The van der Waals surface area contributed by atoms with Crippen molar-refractivity contribution in [3.63, 3.8) is 0 Å². The summed E-state index contributed by atoms with van der Waals surface area (Å²) in [5, 5.41) is 0. The lowest BCUT2D eigenvalue weighted by Gasteiger charge is -2.50. The Balaban J connectivity index is 1.56. The summed E-state index contributed by atoms with van der Waals surface area (Å²) in [6.45, 7) is 0.626. The molecular weight excluding hydrogens is 378 g/mol. The Labute approximate surface area is 163 Å². The van der Waals surface area contributed by atoms with E-state index in [0.717, 1.165) is 29.1 Å². The molecule has 8 heteroatoms. The van der Waals surface area contributed by atoms with Crippen LogP contribution in [-0.2, 0) is 15.6 Å². The van der Waals surface area contributed by atoms with Crippen LogP contribution in [0, 0.1) is 5.92 Å². The van der Waals surface area contributed by atoms with Gasteiger partial charge in [-0.05, 0) is 55.0 Å². The second-order valence-electron chi connectivity index (χ2n) is 7.64. The van der Waals surface area contributed by atoms with E-state index in [-0.39, 0.29) is 21.9 Å². The number of hydrogen-bond acceptors (Lipinski definition) is 5. The van der Waals surface area contributed by atoms with Gasteiger partial charge in [-0.25, -0.2) is 12.7 Å². The zero-order chi connectivity index (χ0) is 19.7. The highest BCUT2D eigenvalue weighted by Gasteiger charge is 2.57. The molecular formula is C20H19N3O4S. The van der Waals surface area contributed by atoms with E-state index in [1.807, 2.05) is 23.2 Å². The minimum atomic E-state index is -3.89. The molecule has 1 aromatic carbocycles. The van der Waals surface area contributed by atoms with Gasteiger partial charge in [-0.3, -0.25) is 14.6 Å². The standard InChI is InChI=1S/C20H19N3O4S/c1-22-19(25)16-5-4-13(11-17(16)28(22,26)27)18(24)23-10-7-14-6-8-20(14,23)15-3-2-9-21-12-15/h2-5,9,11-12,14H,6-8,10H2,1H3/t14-,20-/m0/s1. The molecule has 1 aromatic heterocycles. The monoisotopic (exact) mass is 397 g/mol. The molecule has 1 saturated carbocycles. The average Bonchev–Trinajstić information content (AvgIpc) is 3.05.